The number of amides is 1. The van der Waals surface area contributed by atoms with Gasteiger partial charge in [-0.25, -0.2) is 0 Å². The Morgan fingerprint density at radius 1 is 1.20 bits per heavy atom. The minimum absolute atomic E-state index is 0. The molecule has 1 fully saturated rings. The largest absolute Gasteiger partial charge is 0.337 e. The van der Waals surface area contributed by atoms with Crippen molar-refractivity contribution in [2.75, 3.05) is 13.1 Å². The number of nitrogens with two attached hydrogens (primary N) is 1. The third-order valence-electron chi connectivity index (χ3n) is 3.56. The molecule has 3 rings (SSSR count). The first-order chi connectivity index (χ1) is 9.13. The van der Waals surface area contributed by atoms with E-state index >= 15 is 0 Å². The van der Waals surface area contributed by atoms with Crippen LogP contribution in [0, 0.1) is 0 Å². The zero-order chi connectivity index (χ0) is 13.4. The molecule has 0 aliphatic carbocycles. The lowest BCUT2D eigenvalue weighted by Crippen LogP contribution is -2.31. The lowest BCUT2D eigenvalue weighted by molar-refractivity contribution is 0.0791. The molecule has 2 aromatic rings. The summed E-state index contributed by atoms with van der Waals surface area (Å²) in [6.07, 6.45) is 0.895. The number of nitrogens with zero attached hydrogens (tertiary/aromatic N) is 1. The molecule has 1 aliphatic heterocycles. The number of carbonyl (C=O) groups is 1. The van der Waals surface area contributed by atoms with E-state index in [1.54, 1.807) is 0 Å². The molecule has 1 saturated heterocycles. The fourth-order valence-corrected chi connectivity index (χ4v) is 2.88. The van der Waals surface area contributed by atoms with E-state index in [0.717, 1.165) is 33.8 Å². The van der Waals surface area contributed by atoms with Gasteiger partial charge in [-0.15, -0.1) is 12.4 Å². The van der Waals surface area contributed by atoms with Crippen molar-refractivity contribution in [1.82, 2.24) is 4.90 Å². The molecule has 0 spiro atoms. The van der Waals surface area contributed by atoms with Crippen molar-refractivity contribution in [3.05, 3.63) is 46.4 Å². The van der Waals surface area contributed by atoms with E-state index in [0.29, 0.717) is 6.54 Å². The summed E-state index contributed by atoms with van der Waals surface area (Å²) < 4.78 is 1.05. The summed E-state index contributed by atoms with van der Waals surface area (Å²) in [7, 11) is 0. The molecule has 0 radical (unpaired) electrons. The van der Waals surface area contributed by atoms with Gasteiger partial charge in [0.1, 0.15) is 0 Å². The zero-order valence-electron chi connectivity index (χ0n) is 10.9. The normalized spacial score (nSPS) is 18.1. The lowest BCUT2D eigenvalue weighted by atomic mass is 10.1. The predicted octanol–water partition coefficient (Wildman–Crippen LogP) is 3.20. The molecule has 2 aromatic carbocycles. The Kier molecular flexibility index (Phi) is 4.68. The van der Waals surface area contributed by atoms with Crippen LogP contribution in [0.25, 0.3) is 10.8 Å². The highest BCUT2D eigenvalue weighted by Crippen LogP contribution is 2.22. The number of hydrogen-bond donors (Lipinski definition) is 1. The second kappa shape index (κ2) is 6.12. The molecular formula is C15H16BrClN2O. The van der Waals surface area contributed by atoms with Gasteiger partial charge < -0.3 is 10.6 Å². The second-order valence-corrected chi connectivity index (χ2v) is 5.92. The highest BCUT2D eigenvalue weighted by molar-refractivity contribution is 9.10. The van der Waals surface area contributed by atoms with E-state index < -0.39 is 0 Å². The first-order valence-corrected chi connectivity index (χ1v) is 7.17. The number of halogens is 2. The summed E-state index contributed by atoms with van der Waals surface area (Å²) in [5.41, 5.74) is 6.59. The van der Waals surface area contributed by atoms with Crippen LogP contribution in [0.2, 0.25) is 0 Å². The molecule has 20 heavy (non-hydrogen) atoms. The molecule has 1 atom stereocenters. The molecule has 1 aliphatic rings. The van der Waals surface area contributed by atoms with Gasteiger partial charge in [-0.3, -0.25) is 4.79 Å². The molecule has 1 heterocycles. The Morgan fingerprint density at radius 2 is 1.90 bits per heavy atom. The molecule has 0 aromatic heterocycles. The molecule has 0 bridgehead atoms. The quantitative estimate of drug-likeness (QED) is 0.854. The number of rotatable bonds is 1. The first-order valence-electron chi connectivity index (χ1n) is 6.38. The fourth-order valence-electron chi connectivity index (χ4n) is 2.50. The molecule has 5 heteroatoms. The number of fused-ring (bicyclic) bond motifs is 1. The first kappa shape index (κ1) is 15.3. The fraction of sp³-hybridized carbons (Fsp3) is 0.267. The summed E-state index contributed by atoms with van der Waals surface area (Å²) in [5.74, 6) is 0.0813. The SMILES string of the molecule is Cl.N[C@@H]1CCN(C(=O)c2ccc3cc(Br)ccc3c2)C1. The third-order valence-corrected chi connectivity index (χ3v) is 4.05. The monoisotopic (exact) mass is 354 g/mol. The lowest BCUT2D eigenvalue weighted by Gasteiger charge is -2.16. The van der Waals surface area contributed by atoms with E-state index in [4.69, 9.17) is 5.73 Å². The van der Waals surface area contributed by atoms with Crippen LogP contribution in [0.3, 0.4) is 0 Å². The van der Waals surface area contributed by atoms with E-state index in [-0.39, 0.29) is 24.4 Å². The summed E-state index contributed by atoms with van der Waals surface area (Å²) in [6, 6.07) is 12.0. The van der Waals surface area contributed by atoms with Crippen LogP contribution in [0.15, 0.2) is 40.9 Å². The van der Waals surface area contributed by atoms with Gasteiger partial charge >= 0.3 is 0 Å². The maximum Gasteiger partial charge on any atom is 0.253 e. The topological polar surface area (TPSA) is 46.3 Å². The van der Waals surface area contributed by atoms with Crippen LogP contribution in [0.1, 0.15) is 16.8 Å². The highest BCUT2D eigenvalue weighted by atomic mass is 79.9. The molecular weight excluding hydrogens is 340 g/mol. The summed E-state index contributed by atoms with van der Waals surface area (Å²) >= 11 is 3.45. The van der Waals surface area contributed by atoms with Gasteiger partial charge in [0.05, 0.1) is 0 Å². The van der Waals surface area contributed by atoms with Crippen molar-refractivity contribution in [1.29, 1.82) is 0 Å². The molecule has 2 N–H and O–H groups in total. The molecule has 106 valence electrons. The van der Waals surface area contributed by atoms with Gasteiger partial charge in [-0.1, -0.05) is 28.1 Å². The molecule has 1 amide bonds. The van der Waals surface area contributed by atoms with Gasteiger partial charge in [0.2, 0.25) is 0 Å². The summed E-state index contributed by atoms with van der Waals surface area (Å²) in [6.45, 7) is 1.43. The van der Waals surface area contributed by atoms with Crippen LogP contribution in [0.5, 0.6) is 0 Å². The van der Waals surface area contributed by atoms with Gasteiger partial charge in [0.25, 0.3) is 5.91 Å². The Bertz CT molecular complexity index is 647. The van der Waals surface area contributed by atoms with E-state index in [1.165, 1.54) is 0 Å². The van der Waals surface area contributed by atoms with Crippen LogP contribution in [-0.4, -0.2) is 29.9 Å². The Balaban J connectivity index is 0.00000147. The molecule has 0 unspecified atom stereocenters. The van der Waals surface area contributed by atoms with Gasteiger partial charge in [-0.05, 0) is 41.5 Å². The van der Waals surface area contributed by atoms with E-state index in [2.05, 4.69) is 22.0 Å². The van der Waals surface area contributed by atoms with Crippen molar-refractivity contribution in [2.24, 2.45) is 5.73 Å². The third kappa shape index (κ3) is 2.97. The van der Waals surface area contributed by atoms with E-state index in [9.17, 15) is 4.79 Å². The van der Waals surface area contributed by atoms with Crippen molar-refractivity contribution < 1.29 is 4.79 Å². The predicted molar refractivity (Wildman–Crippen MR) is 87.4 cm³/mol. The van der Waals surface area contributed by atoms with Crippen LogP contribution in [-0.2, 0) is 0 Å². The minimum atomic E-state index is 0. The minimum Gasteiger partial charge on any atom is -0.337 e. The van der Waals surface area contributed by atoms with Gasteiger partial charge in [0, 0.05) is 29.2 Å². The standard InChI is InChI=1S/C15H15BrN2O.ClH/c16-13-4-3-10-7-12(2-1-11(10)8-13)15(19)18-6-5-14(17)9-18;/h1-4,7-8,14H,5-6,9,17H2;1H/t14-;/m1./s1. The smallest absolute Gasteiger partial charge is 0.253 e. The Labute approximate surface area is 132 Å². The Hall–Kier alpha value is -1.10. The zero-order valence-corrected chi connectivity index (χ0v) is 13.3. The molecule has 3 nitrogen and oxygen atoms in total. The Morgan fingerprint density at radius 3 is 2.60 bits per heavy atom. The van der Waals surface area contributed by atoms with Crippen molar-refractivity contribution in [3.8, 4) is 0 Å². The van der Waals surface area contributed by atoms with Crippen LogP contribution in [0.4, 0.5) is 0 Å². The van der Waals surface area contributed by atoms with Gasteiger partial charge in [0.15, 0.2) is 0 Å². The van der Waals surface area contributed by atoms with Crippen molar-refractivity contribution >= 4 is 45.0 Å². The molecule has 0 saturated carbocycles. The average Bonchev–Trinajstić information content (AvgIpc) is 2.84. The second-order valence-electron chi connectivity index (χ2n) is 5.01. The number of likely N-dealkylation sites (tertiary alicyclic amines) is 1. The van der Waals surface area contributed by atoms with Crippen molar-refractivity contribution in [2.45, 2.75) is 12.5 Å². The number of benzene rings is 2. The van der Waals surface area contributed by atoms with Crippen molar-refractivity contribution in [3.63, 3.8) is 0 Å². The van der Waals surface area contributed by atoms with Crippen LogP contribution >= 0.6 is 28.3 Å². The average molecular weight is 356 g/mol. The maximum absolute atomic E-state index is 12.4. The number of carbonyl (C=O) groups excluding carboxylic acids is 1. The van der Waals surface area contributed by atoms with Gasteiger partial charge in [-0.2, -0.15) is 0 Å². The highest BCUT2D eigenvalue weighted by Gasteiger charge is 2.24. The van der Waals surface area contributed by atoms with Crippen LogP contribution < -0.4 is 5.73 Å². The van der Waals surface area contributed by atoms with E-state index in [1.807, 2.05) is 35.2 Å². The maximum atomic E-state index is 12.4. The summed E-state index contributed by atoms with van der Waals surface area (Å²) in [4.78, 5) is 14.2. The summed E-state index contributed by atoms with van der Waals surface area (Å²) in [5, 5.41) is 2.21. The number of hydrogen-bond acceptors (Lipinski definition) is 2.